The van der Waals surface area contributed by atoms with Gasteiger partial charge in [-0.1, -0.05) is 36.4 Å². The highest BCUT2D eigenvalue weighted by Crippen LogP contribution is 2.24. The number of nitrogens with one attached hydrogen (secondary N) is 1. The zero-order valence-electron chi connectivity index (χ0n) is 13.0. The first-order chi connectivity index (χ1) is 11.2. The summed E-state index contributed by atoms with van der Waals surface area (Å²) in [6, 6.07) is 19.8. The molecule has 0 unspecified atom stereocenters. The molecule has 23 heavy (non-hydrogen) atoms. The van der Waals surface area contributed by atoms with Gasteiger partial charge in [-0.15, -0.1) is 11.8 Å². The second-order valence-corrected chi connectivity index (χ2v) is 6.56. The van der Waals surface area contributed by atoms with E-state index in [9.17, 15) is 4.79 Å². The van der Waals surface area contributed by atoms with Gasteiger partial charge in [0.25, 0.3) is 0 Å². The van der Waals surface area contributed by atoms with Crippen LogP contribution in [0, 0.1) is 0 Å². The predicted molar refractivity (Wildman–Crippen MR) is 94.6 cm³/mol. The molecule has 1 amide bonds. The Morgan fingerprint density at radius 2 is 1.87 bits per heavy atom. The first-order valence-electron chi connectivity index (χ1n) is 7.68. The number of furan rings is 1. The fourth-order valence-electron chi connectivity index (χ4n) is 2.38. The Labute approximate surface area is 140 Å². The first kappa shape index (κ1) is 15.7. The van der Waals surface area contributed by atoms with Gasteiger partial charge in [0.05, 0.1) is 6.04 Å². The monoisotopic (exact) mass is 325 g/mol. The van der Waals surface area contributed by atoms with Gasteiger partial charge in [0, 0.05) is 22.5 Å². The number of benzene rings is 2. The third-order valence-corrected chi connectivity index (χ3v) is 4.60. The zero-order chi connectivity index (χ0) is 16.1. The predicted octanol–water partition coefficient (Wildman–Crippen LogP) is 4.79. The SMILES string of the molecule is C[C@@H](NC(=O)CCSc1ccccc1)c1cc2ccccc2o1. The number of thioether (sulfide) groups is 1. The fourth-order valence-corrected chi connectivity index (χ4v) is 3.25. The van der Waals surface area contributed by atoms with Crippen molar-refractivity contribution in [2.24, 2.45) is 0 Å². The summed E-state index contributed by atoms with van der Waals surface area (Å²) in [5.74, 6) is 1.60. The molecule has 0 aliphatic carbocycles. The molecule has 0 saturated carbocycles. The second-order valence-electron chi connectivity index (χ2n) is 5.39. The molecule has 1 heterocycles. The van der Waals surface area contributed by atoms with Crippen molar-refractivity contribution in [1.82, 2.24) is 5.32 Å². The Hall–Kier alpha value is -2.20. The van der Waals surface area contributed by atoms with E-state index in [1.165, 1.54) is 4.90 Å². The van der Waals surface area contributed by atoms with Gasteiger partial charge in [0.1, 0.15) is 11.3 Å². The van der Waals surface area contributed by atoms with Gasteiger partial charge in [-0.3, -0.25) is 4.79 Å². The van der Waals surface area contributed by atoms with Crippen molar-refractivity contribution in [3.63, 3.8) is 0 Å². The molecule has 3 aromatic rings. The van der Waals surface area contributed by atoms with Crippen LogP contribution in [0.1, 0.15) is 25.1 Å². The molecule has 0 radical (unpaired) electrons. The molecule has 3 nitrogen and oxygen atoms in total. The maximum atomic E-state index is 12.1. The van der Waals surface area contributed by atoms with E-state index < -0.39 is 0 Å². The lowest BCUT2D eigenvalue weighted by Crippen LogP contribution is -2.26. The van der Waals surface area contributed by atoms with E-state index in [1.54, 1.807) is 11.8 Å². The van der Waals surface area contributed by atoms with Crippen molar-refractivity contribution < 1.29 is 9.21 Å². The Bertz CT molecular complexity index is 749. The topological polar surface area (TPSA) is 42.2 Å². The minimum atomic E-state index is -0.128. The highest BCUT2D eigenvalue weighted by molar-refractivity contribution is 7.99. The zero-order valence-corrected chi connectivity index (χ0v) is 13.8. The lowest BCUT2D eigenvalue weighted by molar-refractivity contribution is -0.121. The Morgan fingerprint density at radius 3 is 2.65 bits per heavy atom. The van der Waals surface area contributed by atoms with Gasteiger partial charge in [-0.05, 0) is 31.2 Å². The number of rotatable bonds is 6. The van der Waals surface area contributed by atoms with E-state index in [0.717, 1.165) is 22.5 Å². The molecule has 4 heteroatoms. The van der Waals surface area contributed by atoms with Crippen LogP contribution in [-0.2, 0) is 4.79 Å². The molecule has 118 valence electrons. The molecule has 2 aromatic carbocycles. The quantitative estimate of drug-likeness (QED) is 0.662. The number of carbonyl (C=O) groups is 1. The normalized spacial score (nSPS) is 12.2. The third kappa shape index (κ3) is 4.17. The molecule has 1 atom stereocenters. The largest absolute Gasteiger partial charge is 0.459 e. The lowest BCUT2D eigenvalue weighted by atomic mass is 10.2. The van der Waals surface area contributed by atoms with Crippen molar-refractivity contribution in [3.05, 3.63) is 66.4 Å². The number of hydrogen-bond donors (Lipinski definition) is 1. The molecular weight excluding hydrogens is 306 g/mol. The van der Waals surface area contributed by atoms with Gasteiger partial charge in [0.15, 0.2) is 0 Å². The van der Waals surface area contributed by atoms with Crippen LogP contribution in [0.15, 0.2) is 70.0 Å². The Balaban J connectivity index is 1.51. The van der Waals surface area contributed by atoms with E-state index >= 15 is 0 Å². The standard InChI is InChI=1S/C19H19NO2S/c1-14(18-13-15-7-5-6-10-17(15)22-18)20-19(21)11-12-23-16-8-3-2-4-9-16/h2-10,13-14H,11-12H2,1H3,(H,20,21)/t14-/m1/s1. The van der Waals surface area contributed by atoms with Gasteiger partial charge in [-0.2, -0.15) is 0 Å². The Morgan fingerprint density at radius 1 is 1.13 bits per heavy atom. The fraction of sp³-hybridized carbons (Fsp3) is 0.211. The summed E-state index contributed by atoms with van der Waals surface area (Å²) in [6.07, 6.45) is 0.490. The molecule has 0 fully saturated rings. The summed E-state index contributed by atoms with van der Waals surface area (Å²) < 4.78 is 5.78. The van der Waals surface area contributed by atoms with E-state index in [2.05, 4.69) is 17.4 Å². The van der Waals surface area contributed by atoms with Crippen LogP contribution in [0.5, 0.6) is 0 Å². The number of para-hydroxylation sites is 1. The molecule has 0 bridgehead atoms. The van der Waals surface area contributed by atoms with Crippen molar-refractivity contribution in [2.75, 3.05) is 5.75 Å². The van der Waals surface area contributed by atoms with Crippen molar-refractivity contribution in [1.29, 1.82) is 0 Å². The minimum absolute atomic E-state index is 0.0430. The lowest BCUT2D eigenvalue weighted by Gasteiger charge is -2.11. The van der Waals surface area contributed by atoms with Crippen LogP contribution < -0.4 is 5.32 Å². The second kappa shape index (κ2) is 7.38. The summed E-state index contributed by atoms with van der Waals surface area (Å²) in [7, 11) is 0. The summed E-state index contributed by atoms with van der Waals surface area (Å²) in [5, 5.41) is 4.06. The summed E-state index contributed by atoms with van der Waals surface area (Å²) in [6.45, 7) is 1.94. The molecule has 1 N–H and O–H groups in total. The van der Waals surface area contributed by atoms with E-state index in [-0.39, 0.29) is 11.9 Å². The van der Waals surface area contributed by atoms with Crippen LogP contribution in [0.3, 0.4) is 0 Å². The van der Waals surface area contributed by atoms with Crippen molar-refractivity contribution >= 4 is 28.6 Å². The molecule has 0 aliphatic rings. The molecule has 0 spiro atoms. The van der Waals surface area contributed by atoms with Crippen molar-refractivity contribution in [2.45, 2.75) is 24.3 Å². The first-order valence-corrected chi connectivity index (χ1v) is 8.66. The highest BCUT2D eigenvalue weighted by atomic mass is 32.2. The number of fused-ring (bicyclic) bond motifs is 1. The smallest absolute Gasteiger partial charge is 0.221 e. The minimum Gasteiger partial charge on any atom is -0.459 e. The number of amides is 1. The van der Waals surface area contributed by atoms with Crippen LogP contribution in [0.25, 0.3) is 11.0 Å². The van der Waals surface area contributed by atoms with E-state index in [1.807, 2.05) is 55.5 Å². The summed E-state index contributed by atoms with van der Waals surface area (Å²) in [4.78, 5) is 13.3. The van der Waals surface area contributed by atoms with Crippen LogP contribution in [0.4, 0.5) is 0 Å². The van der Waals surface area contributed by atoms with Crippen LogP contribution in [0.2, 0.25) is 0 Å². The van der Waals surface area contributed by atoms with E-state index in [0.29, 0.717) is 6.42 Å². The molecule has 3 rings (SSSR count). The third-order valence-electron chi connectivity index (χ3n) is 3.59. The maximum Gasteiger partial charge on any atom is 0.221 e. The highest BCUT2D eigenvalue weighted by Gasteiger charge is 2.13. The summed E-state index contributed by atoms with van der Waals surface area (Å²) in [5.41, 5.74) is 0.850. The van der Waals surface area contributed by atoms with Gasteiger partial charge in [0.2, 0.25) is 5.91 Å². The van der Waals surface area contributed by atoms with E-state index in [4.69, 9.17) is 4.42 Å². The van der Waals surface area contributed by atoms with Crippen LogP contribution in [-0.4, -0.2) is 11.7 Å². The van der Waals surface area contributed by atoms with Gasteiger partial charge < -0.3 is 9.73 Å². The molecule has 0 aliphatic heterocycles. The summed E-state index contributed by atoms with van der Waals surface area (Å²) >= 11 is 1.69. The average Bonchev–Trinajstić information content (AvgIpc) is 3.00. The number of hydrogen-bond acceptors (Lipinski definition) is 3. The van der Waals surface area contributed by atoms with Crippen LogP contribution >= 0.6 is 11.8 Å². The molecule has 0 saturated heterocycles. The van der Waals surface area contributed by atoms with Crippen molar-refractivity contribution in [3.8, 4) is 0 Å². The average molecular weight is 325 g/mol. The molecule has 1 aromatic heterocycles. The van der Waals surface area contributed by atoms with Gasteiger partial charge >= 0.3 is 0 Å². The van der Waals surface area contributed by atoms with Gasteiger partial charge in [-0.25, -0.2) is 0 Å². The maximum absolute atomic E-state index is 12.1. The molecular formula is C19H19NO2S. The Kier molecular flexibility index (Phi) is 5.03. The number of carbonyl (C=O) groups excluding carboxylic acids is 1.